The Morgan fingerprint density at radius 3 is 1.90 bits per heavy atom. The Hall–Kier alpha value is -6.52. The second-order valence-corrected chi connectivity index (χ2v) is 12.3. The van der Waals surface area contributed by atoms with Crippen LogP contribution in [0.2, 0.25) is 0 Å². The highest BCUT2D eigenvalue weighted by Crippen LogP contribution is 2.40. The lowest BCUT2D eigenvalue weighted by molar-refractivity contribution is 1.01. The van der Waals surface area contributed by atoms with E-state index in [1.807, 2.05) is 6.07 Å². The first kappa shape index (κ1) is 26.7. The Morgan fingerprint density at radius 1 is 0.396 bits per heavy atom. The molecule has 48 heavy (non-hydrogen) atoms. The van der Waals surface area contributed by atoms with Crippen molar-refractivity contribution in [2.24, 2.45) is 0 Å². The lowest BCUT2D eigenvalue weighted by atomic mass is 9.92. The molecule has 0 spiro atoms. The molecule has 0 saturated heterocycles. The van der Waals surface area contributed by atoms with Gasteiger partial charge >= 0.3 is 0 Å². The third-order valence-electron chi connectivity index (χ3n) is 9.57. The first-order valence-corrected chi connectivity index (χ1v) is 16.3. The highest BCUT2D eigenvalue weighted by atomic mass is 15.2. The van der Waals surface area contributed by atoms with Crippen molar-refractivity contribution in [3.63, 3.8) is 0 Å². The van der Waals surface area contributed by atoms with Crippen molar-refractivity contribution in [2.75, 3.05) is 0 Å². The summed E-state index contributed by atoms with van der Waals surface area (Å²) in [7, 11) is 0. The molecule has 3 aromatic heterocycles. The van der Waals surface area contributed by atoms with Crippen LogP contribution in [-0.4, -0.2) is 19.1 Å². The summed E-state index contributed by atoms with van der Waals surface area (Å²) < 4.78 is 4.40. The van der Waals surface area contributed by atoms with E-state index in [2.05, 4.69) is 173 Å². The summed E-state index contributed by atoms with van der Waals surface area (Å²) in [4.78, 5) is 10.8. The van der Waals surface area contributed by atoms with Crippen LogP contribution in [0.4, 0.5) is 0 Å². The van der Waals surface area contributed by atoms with Crippen LogP contribution >= 0.6 is 0 Å². The Morgan fingerprint density at radius 2 is 1.04 bits per heavy atom. The van der Waals surface area contributed by atoms with Gasteiger partial charge in [0.2, 0.25) is 5.95 Å². The third kappa shape index (κ3) is 4.03. The fraction of sp³-hybridized carbons (Fsp3) is 0. The minimum absolute atomic E-state index is 0.650. The first-order valence-electron chi connectivity index (χ1n) is 16.3. The smallest absolute Gasteiger partial charge is 0.235 e. The van der Waals surface area contributed by atoms with Crippen molar-refractivity contribution >= 4 is 54.3 Å². The molecule has 0 bridgehead atoms. The van der Waals surface area contributed by atoms with Crippen LogP contribution in [0.15, 0.2) is 170 Å². The third-order valence-corrected chi connectivity index (χ3v) is 9.57. The normalized spacial score (nSPS) is 11.8. The van der Waals surface area contributed by atoms with E-state index in [1.165, 1.54) is 37.9 Å². The SMILES string of the molecule is c1ccc(-n2cc3nc(-n4c5ccccc5c5c6ccccc6ccc54)nc(-c4ccccc4-c4cccc5ccccc45)c3c2)cc1. The zero-order valence-corrected chi connectivity index (χ0v) is 26.0. The molecule has 3 heterocycles. The minimum Gasteiger partial charge on any atom is -0.321 e. The predicted molar refractivity (Wildman–Crippen MR) is 199 cm³/mol. The van der Waals surface area contributed by atoms with Gasteiger partial charge in [-0.15, -0.1) is 0 Å². The number of hydrogen-bond donors (Lipinski definition) is 0. The van der Waals surface area contributed by atoms with Crippen LogP contribution in [-0.2, 0) is 0 Å². The molecule has 10 aromatic rings. The first-order chi connectivity index (χ1) is 23.8. The molecule has 10 rings (SSSR count). The van der Waals surface area contributed by atoms with Crippen molar-refractivity contribution in [2.45, 2.75) is 0 Å². The number of benzene rings is 7. The van der Waals surface area contributed by atoms with Crippen LogP contribution < -0.4 is 0 Å². The average molecular weight is 613 g/mol. The molecule has 7 aromatic carbocycles. The number of para-hydroxylation sites is 2. The van der Waals surface area contributed by atoms with E-state index >= 15 is 0 Å². The van der Waals surface area contributed by atoms with Gasteiger partial charge in [0.05, 0.1) is 22.2 Å². The molecule has 0 fully saturated rings. The van der Waals surface area contributed by atoms with Gasteiger partial charge in [0.1, 0.15) is 0 Å². The molecule has 224 valence electrons. The van der Waals surface area contributed by atoms with E-state index < -0.39 is 0 Å². The molecular weight excluding hydrogens is 585 g/mol. The van der Waals surface area contributed by atoms with Gasteiger partial charge in [-0.05, 0) is 56.9 Å². The molecule has 4 nitrogen and oxygen atoms in total. The molecule has 0 aliphatic heterocycles. The number of nitrogens with zero attached hydrogens (tertiary/aromatic N) is 4. The van der Waals surface area contributed by atoms with Crippen LogP contribution in [0.5, 0.6) is 0 Å². The fourth-order valence-electron chi connectivity index (χ4n) is 7.40. The van der Waals surface area contributed by atoms with Gasteiger partial charge in [-0.1, -0.05) is 133 Å². The number of hydrogen-bond acceptors (Lipinski definition) is 2. The van der Waals surface area contributed by atoms with E-state index in [1.54, 1.807) is 0 Å². The van der Waals surface area contributed by atoms with Crippen LogP contribution in [0.25, 0.3) is 88.3 Å². The summed E-state index contributed by atoms with van der Waals surface area (Å²) in [6.07, 6.45) is 4.30. The second-order valence-electron chi connectivity index (χ2n) is 12.3. The van der Waals surface area contributed by atoms with E-state index in [-0.39, 0.29) is 0 Å². The van der Waals surface area contributed by atoms with Gasteiger partial charge < -0.3 is 4.57 Å². The van der Waals surface area contributed by atoms with Crippen molar-refractivity contribution in [3.05, 3.63) is 170 Å². The van der Waals surface area contributed by atoms with E-state index in [9.17, 15) is 0 Å². The second kappa shape index (κ2) is 10.5. The lowest BCUT2D eigenvalue weighted by Crippen LogP contribution is -2.03. The number of rotatable bonds is 4. The van der Waals surface area contributed by atoms with E-state index in [4.69, 9.17) is 9.97 Å². The number of fused-ring (bicyclic) bond motifs is 7. The Labute approximate surface area is 276 Å². The molecule has 0 radical (unpaired) electrons. The summed E-state index contributed by atoms with van der Waals surface area (Å²) in [6, 6.07) is 55.8. The van der Waals surface area contributed by atoms with Crippen LogP contribution in [0.1, 0.15) is 0 Å². The molecule has 0 amide bonds. The number of aromatic nitrogens is 4. The van der Waals surface area contributed by atoms with Gasteiger partial charge in [-0.2, -0.15) is 0 Å². The Bertz CT molecular complexity index is 2840. The summed E-state index contributed by atoms with van der Waals surface area (Å²) in [5.74, 6) is 0.650. The van der Waals surface area contributed by atoms with Crippen molar-refractivity contribution in [1.29, 1.82) is 0 Å². The summed E-state index contributed by atoms with van der Waals surface area (Å²) in [6.45, 7) is 0. The minimum atomic E-state index is 0.650. The van der Waals surface area contributed by atoms with Crippen molar-refractivity contribution < 1.29 is 0 Å². The Balaban J connectivity index is 1.31. The maximum absolute atomic E-state index is 5.51. The van der Waals surface area contributed by atoms with Crippen molar-refractivity contribution in [3.8, 4) is 34.0 Å². The highest BCUT2D eigenvalue weighted by molar-refractivity contribution is 6.21. The summed E-state index contributed by atoms with van der Waals surface area (Å²) in [5.41, 5.74) is 8.43. The molecule has 0 aliphatic rings. The fourth-order valence-corrected chi connectivity index (χ4v) is 7.40. The maximum atomic E-state index is 5.51. The largest absolute Gasteiger partial charge is 0.321 e. The maximum Gasteiger partial charge on any atom is 0.235 e. The van der Waals surface area contributed by atoms with Crippen LogP contribution in [0.3, 0.4) is 0 Å². The predicted octanol–water partition coefficient (Wildman–Crippen LogP) is 11.2. The van der Waals surface area contributed by atoms with E-state index in [0.717, 1.165) is 44.4 Å². The van der Waals surface area contributed by atoms with Gasteiger partial charge in [0, 0.05) is 39.8 Å². The van der Waals surface area contributed by atoms with Crippen molar-refractivity contribution in [1.82, 2.24) is 19.1 Å². The molecular formula is C44H28N4. The molecule has 0 aliphatic carbocycles. The van der Waals surface area contributed by atoms with Crippen LogP contribution in [0, 0.1) is 0 Å². The van der Waals surface area contributed by atoms with Gasteiger partial charge in [0.15, 0.2) is 0 Å². The summed E-state index contributed by atoms with van der Waals surface area (Å²) >= 11 is 0. The standard InChI is InChI=1S/C44H28N4/c1-2-16-31(17-3-1)47-27-38-39(28-47)45-44(48-40-24-11-10-22-37(40)42-33-19-7-5-14-30(33)25-26-41(42)48)46-43(38)36-21-9-8-20-35(36)34-23-12-15-29-13-4-6-18-32(29)34/h1-28H. The zero-order chi connectivity index (χ0) is 31.6. The highest BCUT2D eigenvalue weighted by Gasteiger charge is 2.21. The quantitative estimate of drug-likeness (QED) is 0.198. The van der Waals surface area contributed by atoms with Gasteiger partial charge in [-0.3, -0.25) is 4.57 Å². The zero-order valence-electron chi connectivity index (χ0n) is 26.0. The van der Waals surface area contributed by atoms with E-state index in [0.29, 0.717) is 5.95 Å². The summed E-state index contributed by atoms with van der Waals surface area (Å²) in [5, 5.41) is 8.28. The molecule has 4 heteroatoms. The molecule has 0 unspecified atom stereocenters. The monoisotopic (exact) mass is 612 g/mol. The average Bonchev–Trinajstić information content (AvgIpc) is 3.74. The molecule has 0 saturated carbocycles. The van der Waals surface area contributed by atoms with Gasteiger partial charge in [0.25, 0.3) is 0 Å². The topological polar surface area (TPSA) is 35.6 Å². The van der Waals surface area contributed by atoms with Gasteiger partial charge in [-0.25, -0.2) is 9.97 Å². The molecule has 0 N–H and O–H groups in total. The molecule has 0 atom stereocenters. The lowest BCUT2D eigenvalue weighted by Gasteiger charge is -2.14. The Kier molecular flexibility index (Phi) is 5.84.